The number of Topliss-reactive ketones (excluding diaryl/α,β-unsaturated/α-hetero) is 1. The molecule has 1 atom stereocenters. The van der Waals surface area contributed by atoms with Crippen LogP contribution in [0, 0.1) is 6.92 Å². The van der Waals surface area contributed by atoms with Gasteiger partial charge in [0.05, 0.1) is 18.5 Å². The molecule has 1 aliphatic rings. The summed E-state index contributed by atoms with van der Waals surface area (Å²) < 4.78 is 7.44. The van der Waals surface area contributed by atoms with E-state index in [4.69, 9.17) is 21.3 Å². The van der Waals surface area contributed by atoms with Crippen molar-refractivity contribution in [2.45, 2.75) is 32.7 Å². The van der Waals surface area contributed by atoms with Crippen LogP contribution in [-0.4, -0.2) is 33.4 Å². The lowest BCUT2D eigenvalue weighted by molar-refractivity contribution is -0.119. The van der Waals surface area contributed by atoms with Crippen LogP contribution in [0.5, 0.6) is 5.75 Å². The van der Waals surface area contributed by atoms with E-state index in [-0.39, 0.29) is 12.2 Å². The van der Waals surface area contributed by atoms with Crippen LogP contribution in [0.1, 0.15) is 48.6 Å². The van der Waals surface area contributed by atoms with Crippen LogP contribution in [-0.2, 0) is 4.79 Å². The average Bonchev–Trinajstić information content (AvgIpc) is 3.06. The van der Waals surface area contributed by atoms with E-state index in [2.05, 4.69) is 10.2 Å². The summed E-state index contributed by atoms with van der Waals surface area (Å²) in [5.41, 5.74) is 3.48. The molecular formula is C22H21ClN4O2. The lowest BCUT2D eigenvalue weighted by Crippen LogP contribution is -2.10. The fourth-order valence-electron chi connectivity index (χ4n) is 3.54. The van der Waals surface area contributed by atoms with Crippen molar-refractivity contribution in [3.63, 3.8) is 0 Å². The Morgan fingerprint density at radius 1 is 1.17 bits per heavy atom. The van der Waals surface area contributed by atoms with E-state index in [1.165, 1.54) is 0 Å². The van der Waals surface area contributed by atoms with Crippen molar-refractivity contribution in [1.82, 2.24) is 14.8 Å². The van der Waals surface area contributed by atoms with Crippen LogP contribution in [0.25, 0.3) is 5.69 Å². The number of rotatable bonds is 5. The number of hydrogen-bond acceptors (Lipinski definition) is 5. The van der Waals surface area contributed by atoms with E-state index in [0.29, 0.717) is 17.3 Å². The number of carbonyl (C=O) groups is 1. The number of aryl methyl sites for hydroxylation is 1. The number of benzene rings is 2. The van der Waals surface area contributed by atoms with Crippen molar-refractivity contribution in [2.75, 3.05) is 7.11 Å². The maximum Gasteiger partial charge on any atom is 0.162 e. The first kappa shape index (κ1) is 19.3. The largest absolute Gasteiger partial charge is 0.497 e. The standard InChI is InChI=1S/C22H21ClN4O2/c1-4-16(28)11-19-22-26-25-13(2)27(22)20-10-9-17(29-3)12-18(20)21(24-19)14-5-7-15(23)8-6-14/h5-10,12,19H,4,11H2,1-3H3. The van der Waals surface area contributed by atoms with Gasteiger partial charge in [-0.2, -0.15) is 0 Å². The van der Waals surface area contributed by atoms with Crippen molar-refractivity contribution < 1.29 is 9.53 Å². The van der Waals surface area contributed by atoms with Gasteiger partial charge in [0.1, 0.15) is 23.4 Å². The summed E-state index contributed by atoms with van der Waals surface area (Å²) in [6, 6.07) is 12.9. The summed E-state index contributed by atoms with van der Waals surface area (Å²) in [5.74, 6) is 2.26. The summed E-state index contributed by atoms with van der Waals surface area (Å²) in [6.45, 7) is 3.76. The van der Waals surface area contributed by atoms with Gasteiger partial charge in [0.15, 0.2) is 5.82 Å². The molecule has 1 unspecified atom stereocenters. The summed E-state index contributed by atoms with van der Waals surface area (Å²) in [5, 5.41) is 9.28. The van der Waals surface area contributed by atoms with Gasteiger partial charge in [0.25, 0.3) is 0 Å². The number of ketones is 1. The quantitative estimate of drug-likeness (QED) is 0.623. The Kier molecular flexibility index (Phi) is 5.20. The minimum absolute atomic E-state index is 0.130. The number of aliphatic imine (C=N–C) groups is 1. The molecule has 1 aromatic heterocycles. The predicted molar refractivity (Wildman–Crippen MR) is 112 cm³/mol. The zero-order valence-corrected chi connectivity index (χ0v) is 17.3. The van der Waals surface area contributed by atoms with Gasteiger partial charge in [-0.1, -0.05) is 30.7 Å². The molecule has 3 aromatic rings. The number of ether oxygens (including phenoxy) is 1. The Hall–Kier alpha value is -2.99. The zero-order valence-electron chi connectivity index (χ0n) is 16.5. The minimum Gasteiger partial charge on any atom is -0.497 e. The molecule has 4 rings (SSSR count). The second kappa shape index (κ2) is 7.79. The van der Waals surface area contributed by atoms with Crippen molar-refractivity contribution in [2.24, 2.45) is 4.99 Å². The van der Waals surface area contributed by atoms with Crippen LogP contribution in [0.4, 0.5) is 0 Å². The molecule has 7 heteroatoms. The van der Waals surface area contributed by atoms with E-state index < -0.39 is 6.04 Å². The van der Waals surface area contributed by atoms with Crippen LogP contribution >= 0.6 is 11.6 Å². The van der Waals surface area contributed by atoms with Gasteiger partial charge in [0, 0.05) is 29.0 Å². The lowest BCUT2D eigenvalue weighted by Gasteiger charge is -2.14. The number of nitrogens with zero attached hydrogens (tertiary/aromatic N) is 4. The van der Waals surface area contributed by atoms with Gasteiger partial charge < -0.3 is 4.74 Å². The van der Waals surface area contributed by atoms with Crippen LogP contribution in [0.2, 0.25) is 5.02 Å². The van der Waals surface area contributed by atoms with E-state index >= 15 is 0 Å². The Morgan fingerprint density at radius 2 is 1.93 bits per heavy atom. The highest BCUT2D eigenvalue weighted by Gasteiger charge is 2.29. The Morgan fingerprint density at radius 3 is 2.62 bits per heavy atom. The lowest BCUT2D eigenvalue weighted by atomic mass is 10.00. The fourth-order valence-corrected chi connectivity index (χ4v) is 3.66. The van der Waals surface area contributed by atoms with Crippen LogP contribution in [0.3, 0.4) is 0 Å². The molecule has 2 aromatic carbocycles. The maximum absolute atomic E-state index is 12.3. The Bertz CT molecular complexity index is 1100. The number of aromatic nitrogens is 3. The number of carbonyl (C=O) groups excluding carboxylic acids is 1. The molecule has 0 spiro atoms. The molecular weight excluding hydrogens is 388 g/mol. The summed E-state index contributed by atoms with van der Waals surface area (Å²) in [4.78, 5) is 17.3. The first-order valence-electron chi connectivity index (χ1n) is 9.48. The first-order chi connectivity index (χ1) is 14.0. The van der Waals surface area contributed by atoms with Gasteiger partial charge in [-0.25, -0.2) is 0 Å². The third-order valence-electron chi connectivity index (χ3n) is 5.07. The highest BCUT2D eigenvalue weighted by atomic mass is 35.5. The van der Waals surface area contributed by atoms with Crippen molar-refractivity contribution in [3.8, 4) is 11.4 Å². The molecule has 0 radical (unpaired) electrons. The SMILES string of the molecule is CCC(=O)CC1N=C(c2ccc(Cl)cc2)c2cc(OC)ccc2-n2c(C)nnc21. The van der Waals surface area contributed by atoms with E-state index in [1.807, 2.05) is 60.9 Å². The average molecular weight is 409 g/mol. The Balaban J connectivity index is 1.99. The molecule has 6 nitrogen and oxygen atoms in total. The molecule has 0 bridgehead atoms. The summed E-state index contributed by atoms with van der Waals surface area (Å²) in [6.07, 6.45) is 0.729. The zero-order chi connectivity index (χ0) is 20.5. The van der Waals surface area contributed by atoms with Crippen molar-refractivity contribution in [3.05, 3.63) is 70.3 Å². The van der Waals surface area contributed by atoms with E-state index in [9.17, 15) is 4.79 Å². The second-order valence-corrected chi connectivity index (χ2v) is 7.36. The molecule has 0 fully saturated rings. The number of halogens is 1. The molecule has 148 valence electrons. The second-order valence-electron chi connectivity index (χ2n) is 6.92. The van der Waals surface area contributed by atoms with Gasteiger partial charge >= 0.3 is 0 Å². The van der Waals surface area contributed by atoms with Gasteiger partial charge in [-0.05, 0) is 37.3 Å². The third-order valence-corrected chi connectivity index (χ3v) is 5.32. The Labute approximate surface area is 174 Å². The molecule has 0 saturated carbocycles. The smallest absolute Gasteiger partial charge is 0.162 e. The number of fused-ring (bicyclic) bond motifs is 3. The molecule has 2 heterocycles. The molecule has 0 N–H and O–H groups in total. The van der Waals surface area contributed by atoms with Gasteiger partial charge in [-0.15, -0.1) is 10.2 Å². The van der Waals surface area contributed by atoms with Crippen LogP contribution in [0.15, 0.2) is 47.5 Å². The first-order valence-corrected chi connectivity index (χ1v) is 9.85. The molecule has 0 aliphatic carbocycles. The summed E-state index contributed by atoms with van der Waals surface area (Å²) >= 11 is 6.10. The monoisotopic (exact) mass is 408 g/mol. The van der Waals surface area contributed by atoms with Crippen molar-refractivity contribution in [1.29, 1.82) is 0 Å². The molecule has 1 aliphatic heterocycles. The van der Waals surface area contributed by atoms with Crippen LogP contribution < -0.4 is 4.74 Å². The maximum atomic E-state index is 12.3. The highest BCUT2D eigenvalue weighted by Crippen LogP contribution is 2.34. The van der Waals surface area contributed by atoms with Gasteiger partial charge in [-0.3, -0.25) is 14.4 Å². The molecule has 29 heavy (non-hydrogen) atoms. The fraction of sp³-hybridized carbons (Fsp3) is 0.273. The predicted octanol–water partition coefficient (Wildman–Crippen LogP) is 4.50. The highest BCUT2D eigenvalue weighted by molar-refractivity contribution is 6.30. The topological polar surface area (TPSA) is 69.4 Å². The minimum atomic E-state index is -0.423. The van der Waals surface area contributed by atoms with Gasteiger partial charge in [0.2, 0.25) is 0 Å². The molecule has 0 amide bonds. The van der Waals surface area contributed by atoms with E-state index in [0.717, 1.165) is 34.1 Å². The normalized spacial score (nSPS) is 15.2. The number of methoxy groups -OCH3 is 1. The van der Waals surface area contributed by atoms with Crippen molar-refractivity contribution >= 4 is 23.1 Å². The van der Waals surface area contributed by atoms with E-state index in [1.54, 1.807) is 7.11 Å². The molecule has 0 saturated heterocycles. The number of hydrogen-bond donors (Lipinski definition) is 0. The summed E-state index contributed by atoms with van der Waals surface area (Å²) in [7, 11) is 1.63. The third kappa shape index (κ3) is 3.56.